The van der Waals surface area contributed by atoms with Crippen molar-refractivity contribution in [1.82, 2.24) is 20.1 Å². The highest BCUT2D eigenvalue weighted by molar-refractivity contribution is 7.13. The highest BCUT2D eigenvalue weighted by Crippen LogP contribution is 2.33. The maximum Gasteiger partial charge on any atom is 0.434 e. The molecule has 1 atom stereocenters. The lowest BCUT2D eigenvalue weighted by molar-refractivity contribution is -0.140. The minimum Gasteiger partial charge on any atom is -0.351 e. The van der Waals surface area contributed by atoms with Crippen molar-refractivity contribution >= 4 is 33.3 Å². The Hall–Kier alpha value is -2.62. The zero-order valence-electron chi connectivity index (χ0n) is 15.0. The van der Waals surface area contributed by atoms with Crippen LogP contribution in [0.4, 0.5) is 18.3 Å². The first kappa shape index (κ1) is 18.7. The summed E-state index contributed by atoms with van der Waals surface area (Å²) in [5.74, 6) is -0.106. The number of halogens is 3. The molecule has 4 rings (SSSR count). The molecular formula is C18H18F3N5OS. The molecule has 28 heavy (non-hydrogen) atoms. The summed E-state index contributed by atoms with van der Waals surface area (Å²) in [5.41, 5.74) is 1.02. The summed E-state index contributed by atoms with van der Waals surface area (Å²) in [7, 11) is 1.86. The van der Waals surface area contributed by atoms with E-state index in [1.54, 1.807) is 15.8 Å². The lowest BCUT2D eigenvalue weighted by atomic mass is 10.1. The Morgan fingerprint density at radius 1 is 1.39 bits per heavy atom. The van der Waals surface area contributed by atoms with Gasteiger partial charge in [-0.15, -0.1) is 11.3 Å². The Balaban J connectivity index is 1.34. The van der Waals surface area contributed by atoms with Gasteiger partial charge in [-0.05, 0) is 24.1 Å². The van der Waals surface area contributed by atoms with Gasteiger partial charge in [0.15, 0.2) is 10.8 Å². The Bertz CT molecular complexity index is 1010. The van der Waals surface area contributed by atoms with Crippen LogP contribution in [-0.2, 0) is 24.4 Å². The number of amides is 1. The van der Waals surface area contributed by atoms with E-state index in [0.29, 0.717) is 24.6 Å². The number of aromatic nitrogens is 3. The van der Waals surface area contributed by atoms with Crippen LogP contribution in [-0.4, -0.2) is 39.8 Å². The smallest absolute Gasteiger partial charge is 0.351 e. The molecule has 1 aromatic carbocycles. The minimum absolute atomic E-state index is 0.104. The number of nitrogens with one attached hydrogen (secondary N) is 1. The largest absolute Gasteiger partial charge is 0.434 e. The van der Waals surface area contributed by atoms with E-state index >= 15 is 0 Å². The Kier molecular flexibility index (Phi) is 4.74. The first-order chi connectivity index (χ1) is 13.3. The predicted octanol–water partition coefficient (Wildman–Crippen LogP) is 2.99. The van der Waals surface area contributed by atoms with Gasteiger partial charge in [0.25, 0.3) is 0 Å². The molecule has 3 aromatic rings. The fourth-order valence-corrected chi connectivity index (χ4v) is 4.25. The number of alkyl halides is 3. The summed E-state index contributed by atoms with van der Waals surface area (Å²) < 4.78 is 39.9. The molecule has 10 heteroatoms. The summed E-state index contributed by atoms with van der Waals surface area (Å²) in [5, 5.41) is 9.50. The fraction of sp³-hybridized carbons (Fsp3) is 0.389. The molecule has 1 amide bonds. The van der Waals surface area contributed by atoms with Crippen molar-refractivity contribution in [2.75, 3.05) is 18.0 Å². The molecule has 1 N–H and O–H groups in total. The van der Waals surface area contributed by atoms with Gasteiger partial charge in [0, 0.05) is 36.9 Å². The summed E-state index contributed by atoms with van der Waals surface area (Å²) >= 11 is 0.975. The van der Waals surface area contributed by atoms with Gasteiger partial charge >= 0.3 is 6.18 Å². The van der Waals surface area contributed by atoms with Gasteiger partial charge in [-0.1, -0.05) is 6.07 Å². The normalized spacial score (nSPS) is 17.4. The molecule has 1 aliphatic heterocycles. The quantitative estimate of drug-likeness (QED) is 0.720. The van der Waals surface area contributed by atoms with E-state index < -0.39 is 11.9 Å². The number of thiazole rings is 1. The molecular weight excluding hydrogens is 391 g/mol. The van der Waals surface area contributed by atoms with Crippen molar-refractivity contribution in [1.29, 1.82) is 0 Å². The maximum absolute atomic E-state index is 12.7. The molecule has 1 fully saturated rings. The average Bonchev–Trinajstić information content (AvgIpc) is 3.34. The Labute approximate surface area is 163 Å². The Morgan fingerprint density at radius 2 is 2.21 bits per heavy atom. The second-order valence-corrected chi connectivity index (χ2v) is 7.69. The van der Waals surface area contributed by atoms with Crippen LogP contribution in [0.3, 0.4) is 0 Å². The molecule has 1 unspecified atom stereocenters. The number of aryl methyl sites for hydroxylation is 1. The standard InChI is InChI=1S/C18H18F3N5OS/c1-25-14-3-2-11(6-12(14)8-22-25)7-16(27)23-13-4-5-26(9-13)17-24-15(10-28-17)18(19,20)21/h2-3,6,8,10,13H,4-5,7,9H2,1H3,(H,23,27). The lowest BCUT2D eigenvalue weighted by Gasteiger charge is -2.16. The number of benzene rings is 1. The molecule has 0 saturated carbocycles. The highest BCUT2D eigenvalue weighted by atomic mass is 32.1. The topological polar surface area (TPSA) is 63.1 Å². The van der Waals surface area contributed by atoms with E-state index in [0.717, 1.165) is 33.2 Å². The number of nitrogens with zero attached hydrogens (tertiary/aromatic N) is 4. The van der Waals surface area contributed by atoms with Gasteiger partial charge in [-0.3, -0.25) is 9.48 Å². The van der Waals surface area contributed by atoms with Gasteiger partial charge in [-0.25, -0.2) is 4.98 Å². The second kappa shape index (κ2) is 7.08. The van der Waals surface area contributed by atoms with E-state index in [4.69, 9.17) is 0 Å². The number of carbonyl (C=O) groups is 1. The molecule has 0 spiro atoms. The molecule has 6 nitrogen and oxygen atoms in total. The lowest BCUT2D eigenvalue weighted by Crippen LogP contribution is -2.38. The van der Waals surface area contributed by atoms with Crippen LogP contribution in [0.5, 0.6) is 0 Å². The van der Waals surface area contributed by atoms with Gasteiger partial charge in [0.1, 0.15) is 0 Å². The molecule has 0 aliphatic carbocycles. The SMILES string of the molecule is Cn1ncc2cc(CC(=O)NC3CCN(c4nc(C(F)(F)F)cs4)C3)ccc21. The van der Waals surface area contributed by atoms with Crippen molar-refractivity contribution in [3.05, 3.63) is 41.0 Å². The number of fused-ring (bicyclic) bond motifs is 1. The molecule has 148 valence electrons. The third kappa shape index (κ3) is 3.82. The van der Waals surface area contributed by atoms with Crippen LogP contribution in [0.15, 0.2) is 29.8 Å². The third-order valence-electron chi connectivity index (χ3n) is 4.78. The van der Waals surface area contributed by atoms with Gasteiger partial charge in [-0.2, -0.15) is 18.3 Å². The van der Waals surface area contributed by atoms with Crippen LogP contribution in [0.1, 0.15) is 17.7 Å². The average molecular weight is 409 g/mol. The van der Waals surface area contributed by atoms with Crippen LogP contribution >= 0.6 is 11.3 Å². The van der Waals surface area contributed by atoms with Crippen molar-refractivity contribution in [3.8, 4) is 0 Å². The molecule has 1 aliphatic rings. The maximum atomic E-state index is 12.7. The van der Waals surface area contributed by atoms with Crippen LogP contribution in [0, 0.1) is 0 Å². The fourth-order valence-electron chi connectivity index (χ4n) is 3.38. The minimum atomic E-state index is -4.43. The zero-order chi connectivity index (χ0) is 19.9. The highest BCUT2D eigenvalue weighted by Gasteiger charge is 2.35. The van der Waals surface area contributed by atoms with E-state index in [-0.39, 0.29) is 18.4 Å². The summed E-state index contributed by atoms with van der Waals surface area (Å²) in [6.45, 7) is 1.02. The van der Waals surface area contributed by atoms with Gasteiger partial charge in [0.2, 0.25) is 5.91 Å². The van der Waals surface area contributed by atoms with Crippen LogP contribution < -0.4 is 10.2 Å². The summed E-state index contributed by atoms with van der Waals surface area (Å²) in [4.78, 5) is 17.8. The number of anilines is 1. The van der Waals surface area contributed by atoms with Crippen LogP contribution in [0.2, 0.25) is 0 Å². The number of rotatable bonds is 4. The summed E-state index contributed by atoms with van der Waals surface area (Å²) in [6, 6.07) is 5.67. The monoisotopic (exact) mass is 409 g/mol. The Morgan fingerprint density at radius 3 is 2.96 bits per heavy atom. The van der Waals surface area contributed by atoms with Crippen LogP contribution in [0.25, 0.3) is 10.9 Å². The van der Waals surface area contributed by atoms with E-state index in [9.17, 15) is 18.0 Å². The van der Waals surface area contributed by atoms with Crippen molar-refractivity contribution in [2.24, 2.45) is 7.05 Å². The number of hydrogen-bond donors (Lipinski definition) is 1. The predicted molar refractivity (Wildman–Crippen MR) is 100 cm³/mol. The van der Waals surface area contributed by atoms with E-state index in [1.807, 2.05) is 25.2 Å². The number of carbonyl (C=O) groups excluding carboxylic acids is 1. The summed E-state index contributed by atoms with van der Waals surface area (Å²) in [6.07, 6.45) is -1.75. The number of hydrogen-bond acceptors (Lipinski definition) is 5. The van der Waals surface area contributed by atoms with E-state index in [1.165, 1.54) is 0 Å². The molecule has 2 aromatic heterocycles. The van der Waals surface area contributed by atoms with Gasteiger partial charge < -0.3 is 10.2 Å². The zero-order valence-corrected chi connectivity index (χ0v) is 15.8. The van der Waals surface area contributed by atoms with Crippen molar-refractivity contribution in [2.45, 2.75) is 25.1 Å². The third-order valence-corrected chi connectivity index (χ3v) is 5.68. The molecule has 0 radical (unpaired) electrons. The molecule has 3 heterocycles. The molecule has 1 saturated heterocycles. The second-order valence-electron chi connectivity index (χ2n) is 6.85. The van der Waals surface area contributed by atoms with Crippen molar-refractivity contribution in [3.63, 3.8) is 0 Å². The van der Waals surface area contributed by atoms with E-state index in [2.05, 4.69) is 15.4 Å². The first-order valence-electron chi connectivity index (χ1n) is 8.77. The molecule has 0 bridgehead atoms. The first-order valence-corrected chi connectivity index (χ1v) is 9.65. The van der Waals surface area contributed by atoms with Gasteiger partial charge in [0.05, 0.1) is 18.1 Å². The van der Waals surface area contributed by atoms with Crippen molar-refractivity contribution < 1.29 is 18.0 Å².